The molecule has 4 N–H and O–H groups in total. The Balaban J connectivity index is 0.00000191. The lowest BCUT2D eigenvalue weighted by Crippen LogP contribution is -2.14. The summed E-state index contributed by atoms with van der Waals surface area (Å²) in [5.74, 6) is -1.48. The first-order valence-corrected chi connectivity index (χ1v) is 8.85. The van der Waals surface area contributed by atoms with E-state index in [1.807, 2.05) is 0 Å². The highest BCUT2D eigenvalue weighted by Crippen LogP contribution is 2.57. The maximum Gasteiger partial charge on any atom is 0.348 e. The van der Waals surface area contributed by atoms with Gasteiger partial charge in [-0.15, -0.1) is 0 Å². The monoisotopic (exact) mass is 343 g/mol. The molecule has 1 rings (SSSR count). The Morgan fingerprint density at radius 2 is 1.67 bits per heavy atom. The first kappa shape index (κ1) is 19.9. The topological polar surface area (TPSA) is 167 Å². The third kappa shape index (κ3) is 8.03. The van der Waals surface area contributed by atoms with Gasteiger partial charge in [0.15, 0.2) is 5.90 Å². The maximum atomic E-state index is 11.5. The highest BCUT2D eigenvalue weighted by Gasteiger charge is 2.38. The molecule has 0 heterocycles. The van der Waals surface area contributed by atoms with Gasteiger partial charge in [-0.05, 0) is 12.1 Å². The molecule has 0 saturated carbocycles. The molecule has 1 aromatic rings. The molecule has 1 aromatic carbocycles. The van der Waals surface area contributed by atoms with Crippen molar-refractivity contribution in [2.45, 2.75) is 6.23 Å². The number of rotatable bonds is 6. The normalized spacial score (nSPS) is 15.3. The molecule has 0 radical (unpaired) electrons. The number of benzene rings is 1. The number of aliphatic hydroxyl groups excluding tert-OH is 1. The Hall–Kier alpha value is -1.12. The summed E-state index contributed by atoms with van der Waals surface area (Å²) in [6, 6.07) is 7.09. The third-order valence-corrected chi connectivity index (χ3v) is 5.34. The van der Waals surface area contributed by atoms with Gasteiger partial charge >= 0.3 is 21.4 Å². The second kappa shape index (κ2) is 8.35. The van der Waals surface area contributed by atoms with E-state index < -0.39 is 32.2 Å². The Morgan fingerprint density at radius 1 is 1.19 bits per heavy atom. The Kier molecular flexibility index (Phi) is 7.91. The highest BCUT2D eigenvalue weighted by atomic mass is 31.2. The molecule has 0 spiro atoms. The molecule has 0 fully saturated rings. The van der Waals surface area contributed by atoms with E-state index in [0.717, 1.165) is 7.11 Å². The van der Waals surface area contributed by atoms with Crippen molar-refractivity contribution in [2.24, 2.45) is 0 Å². The van der Waals surface area contributed by atoms with Gasteiger partial charge in [-0.2, -0.15) is 0 Å². The van der Waals surface area contributed by atoms with E-state index >= 15 is 0 Å². The number of hydrogen-bond acceptors (Lipinski definition) is 6. The molecular formula is C9H15NO9P2. The molecular weight excluding hydrogens is 328 g/mol. The standard InChI is InChI=1S/C8H11NO8P2.CH4O/c10-9(11)8(7-4-2-1-3-5-7)17-19(15,16)6-18(12,13)14;1-2/h1-5,8H,6H2,(H,15,16)(H2,12,13,14);2H,1H3. The minimum Gasteiger partial charge on any atom is -0.400 e. The molecule has 0 aromatic heterocycles. The van der Waals surface area contributed by atoms with Gasteiger partial charge < -0.3 is 19.8 Å². The minimum absolute atomic E-state index is 0.00696. The second-order valence-electron chi connectivity index (χ2n) is 3.60. The Morgan fingerprint density at radius 3 is 2.05 bits per heavy atom. The van der Waals surface area contributed by atoms with E-state index in [-0.39, 0.29) is 5.56 Å². The van der Waals surface area contributed by atoms with Crippen LogP contribution in [0.15, 0.2) is 30.3 Å². The van der Waals surface area contributed by atoms with Crippen LogP contribution in [-0.4, -0.2) is 37.7 Å². The van der Waals surface area contributed by atoms with Crippen LogP contribution in [0.4, 0.5) is 0 Å². The quantitative estimate of drug-likeness (QED) is 0.254. The SMILES string of the molecule is CO.O=[N+]([O-])C(OP(=O)(O)CP(=O)(O)O)c1ccccc1. The van der Waals surface area contributed by atoms with Crippen molar-refractivity contribution in [1.82, 2.24) is 0 Å². The van der Waals surface area contributed by atoms with Gasteiger partial charge in [0, 0.05) is 7.11 Å². The van der Waals surface area contributed by atoms with Crippen LogP contribution in [0, 0.1) is 10.1 Å². The van der Waals surface area contributed by atoms with E-state index in [1.165, 1.54) is 24.3 Å². The van der Waals surface area contributed by atoms with Crippen molar-refractivity contribution >= 4 is 15.2 Å². The molecule has 0 amide bonds. The minimum atomic E-state index is -4.83. The summed E-state index contributed by atoms with van der Waals surface area (Å²) in [6.07, 6.45) is -1.97. The summed E-state index contributed by atoms with van der Waals surface area (Å²) in [7, 11) is -8.62. The van der Waals surface area contributed by atoms with Gasteiger partial charge in [0.25, 0.3) is 0 Å². The molecule has 21 heavy (non-hydrogen) atoms. The van der Waals surface area contributed by atoms with Gasteiger partial charge in [0.2, 0.25) is 0 Å². The summed E-state index contributed by atoms with van der Waals surface area (Å²) in [6.45, 7) is 0. The van der Waals surface area contributed by atoms with Crippen LogP contribution in [0.5, 0.6) is 0 Å². The lowest BCUT2D eigenvalue weighted by Gasteiger charge is -2.16. The average molecular weight is 343 g/mol. The van der Waals surface area contributed by atoms with E-state index in [9.17, 15) is 24.1 Å². The molecule has 0 bridgehead atoms. The number of hydrogen-bond donors (Lipinski definition) is 4. The summed E-state index contributed by atoms with van der Waals surface area (Å²) in [5, 5.41) is 17.8. The van der Waals surface area contributed by atoms with Crippen LogP contribution in [0.3, 0.4) is 0 Å². The van der Waals surface area contributed by atoms with Crippen molar-refractivity contribution in [3.8, 4) is 0 Å². The third-order valence-electron chi connectivity index (χ3n) is 1.90. The molecule has 0 aliphatic carbocycles. The predicted molar refractivity (Wildman–Crippen MR) is 72.1 cm³/mol. The summed E-state index contributed by atoms with van der Waals surface area (Å²) < 4.78 is 26.5. The summed E-state index contributed by atoms with van der Waals surface area (Å²) in [5.41, 5.74) is -0.00696. The van der Waals surface area contributed by atoms with Gasteiger partial charge in [0.05, 0.1) is 10.5 Å². The van der Waals surface area contributed by atoms with Crippen molar-refractivity contribution in [1.29, 1.82) is 0 Å². The Bertz CT molecular complexity index is 543. The van der Waals surface area contributed by atoms with Gasteiger partial charge in [-0.3, -0.25) is 19.2 Å². The van der Waals surface area contributed by atoms with Crippen molar-refractivity contribution < 1.29 is 38.4 Å². The number of aliphatic hydroxyl groups is 1. The zero-order valence-corrected chi connectivity index (χ0v) is 12.6. The fraction of sp³-hybridized carbons (Fsp3) is 0.333. The van der Waals surface area contributed by atoms with Crippen molar-refractivity contribution in [3.63, 3.8) is 0 Å². The summed E-state index contributed by atoms with van der Waals surface area (Å²) >= 11 is 0. The van der Waals surface area contributed by atoms with Crippen molar-refractivity contribution in [3.05, 3.63) is 46.0 Å². The lowest BCUT2D eigenvalue weighted by molar-refractivity contribution is -0.571. The molecule has 2 atom stereocenters. The van der Waals surface area contributed by atoms with E-state index in [2.05, 4.69) is 4.52 Å². The lowest BCUT2D eigenvalue weighted by atomic mass is 10.2. The smallest absolute Gasteiger partial charge is 0.348 e. The first-order valence-electron chi connectivity index (χ1n) is 5.29. The fourth-order valence-corrected chi connectivity index (χ4v) is 3.90. The molecule has 10 nitrogen and oxygen atoms in total. The van der Waals surface area contributed by atoms with E-state index in [0.29, 0.717) is 0 Å². The Labute approximate surface area is 119 Å². The zero-order valence-electron chi connectivity index (χ0n) is 10.8. The van der Waals surface area contributed by atoms with Crippen molar-refractivity contribution in [2.75, 3.05) is 13.0 Å². The second-order valence-corrected chi connectivity index (χ2v) is 7.54. The summed E-state index contributed by atoms with van der Waals surface area (Å²) in [4.78, 5) is 36.3. The average Bonchev–Trinajstić information content (AvgIpc) is 2.36. The molecule has 0 aliphatic rings. The van der Waals surface area contributed by atoms with Crippen LogP contribution in [0.2, 0.25) is 0 Å². The van der Waals surface area contributed by atoms with Crippen LogP contribution < -0.4 is 0 Å². The molecule has 120 valence electrons. The predicted octanol–water partition coefficient (Wildman–Crippen LogP) is 0.908. The highest BCUT2D eigenvalue weighted by molar-refractivity contribution is 7.70. The largest absolute Gasteiger partial charge is 0.400 e. The van der Waals surface area contributed by atoms with E-state index in [4.69, 9.17) is 14.9 Å². The van der Waals surface area contributed by atoms with E-state index in [1.54, 1.807) is 6.07 Å². The van der Waals surface area contributed by atoms with Gasteiger partial charge in [-0.25, -0.2) is 4.52 Å². The molecule has 0 aliphatic heterocycles. The fourth-order valence-electron chi connectivity index (χ4n) is 1.26. The van der Waals surface area contributed by atoms with Crippen LogP contribution >= 0.6 is 15.2 Å². The molecule has 2 unspecified atom stereocenters. The molecule has 12 heteroatoms. The maximum absolute atomic E-state index is 11.5. The number of nitro groups is 1. The molecule has 0 saturated heterocycles. The van der Waals surface area contributed by atoms with Gasteiger partial charge in [0.1, 0.15) is 0 Å². The van der Waals surface area contributed by atoms with Crippen LogP contribution in [0.25, 0.3) is 0 Å². The van der Waals surface area contributed by atoms with Gasteiger partial charge in [-0.1, -0.05) is 18.2 Å². The zero-order chi connectivity index (χ0) is 16.7. The number of nitrogens with zero attached hydrogens (tertiary/aromatic N) is 1. The van der Waals surface area contributed by atoms with Crippen LogP contribution in [0.1, 0.15) is 11.8 Å². The van der Waals surface area contributed by atoms with Crippen LogP contribution in [-0.2, 0) is 13.7 Å². The first-order chi connectivity index (χ1) is 9.61.